The molecular formula is C28H43O4PS. The first kappa shape index (κ1) is 28.8. The number of hydrogen-bond acceptors (Lipinski definition) is 4. The molecule has 4 nitrogen and oxygen atoms in total. The van der Waals surface area contributed by atoms with E-state index in [4.69, 9.17) is 9.05 Å². The Balaban J connectivity index is 2.05. The maximum Gasteiger partial charge on any atom is 0.584 e. The Hall–Kier alpha value is -1.42. The summed E-state index contributed by atoms with van der Waals surface area (Å²) in [6, 6.07) is 12.9. The number of hydrogen-bond donors (Lipinski definition) is 2. The number of benzene rings is 2. The van der Waals surface area contributed by atoms with Gasteiger partial charge in [0.15, 0.2) is 0 Å². The van der Waals surface area contributed by atoms with Gasteiger partial charge in [-0.1, -0.05) is 98.3 Å². The minimum Gasteiger partial charge on any atom is -0.395 e. The van der Waals surface area contributed by atoms with Gasteiger partial charge in [0.2, 0.25) is 0 Å². The van der Waals surface area contributed by atoms with Crippen LogP contribution in [0, 0.1) is 0 Å². The van der Waals surface area contributed by atoms with E-state index < -0.39 is 7.82 Å². The van der Waals surface area contributed by atoms with Crippen molar-refractivity contribution in [3.05, 3.63) is 53.6 Å². The first-order chi connectivity index (χ1) is 15.9. The van der Waals surface area contributed by atoms with Gasteiger partial charge < -0.3 is 9.05 Å². The zero-order valence-corrected chi connectivity index (χ0v) is 23.6. The van der Waals surface area contributed by atoms with Crippen LogP contribution in [-0.4, -0.2) is 4.89 Å². The van der Waals surface area contributed by atoms with Gasteiger partial charge in [0.25, 0.3) is 0 Å². The van der Waals surface area contributed by atoms with E-state index in [1.54, 1.807) is 18.2 Å². The van der Waals surface area contributed by atoms with E-state index in [9.17, 15) is 9.46 Å². The summed E-state index contributed by atoms with van der Waals surface area (Å²) in [6.07, 6.45) is 9.33. The van der Waals surface area contributed by atoms with E-state index in [0.29, 0.717) is 10.6 Å². The molecule has 1 N–H and O–H groups in total. The maximum atomic E-state index is 12.7. The van der Waals surface area contributed by atoms with Crippen molar-refractivity contribution in [1.29, 1.82) is 0 Å². The lowest BCUT2D eigenvalue weighted by atomic mass is 9.80. The van der Waals surface area contributed by atoms with E-state index in [1.165, 1.54) is 37.7 Å². The molecule has 2 rings (SSSR count). The van der Waals surface area contributed by atoms with Gasteiger partial charge in [-0.2, -0.15) is 0 Å². The molecule has 0 saturated carbocycles. The fraction of sp³-hybridized carbons (Fsp3) is 0.571. The molecule has 2 aromatic carbocycles. The lowest BCUT2D eigenvalue weighted by molar-refractivity contribution is 0.288. The summed E-state index contributed by atoms with van der Waals surface area (Å²) in [7, 11) is -4.37. The second-order valence-electron chi connectivity index (χ2n) is 10.5. The normalized spacial score (nSPS) is 14.0. The van der Waals surface area contributed by atoms with Crippen molar-refractivity contribution in [2.45, 2.75) is 109 Å². The van der Waals surface area contributed by atoms with Crippen molar-refractivity contribution in [2.24, 2.45) is 0 Å². The molecule has 1 atom stereocenters. The number of phosphoric ester groups is 1. The summed E-state index contributed by atoms with van der Waals surface area (Å²) < 4.78 is 23.4. The van der Waals surface area contributed by atoms with Crippen molar-refractivity contribution in [2.75, 3.05) is 0 Å². The van der Waals surface area contributed by atoms with Crippen molar-refractivity contribution in [3.8, 4) is 11.5 Å². The molecule has 0 aliphatic heterocycles. The SMILES string of the molecule is CCCCCC(C)(C)c1ccc(OP(=O)(O)Oc2ccc(C(C)(C)CCCCC)cc2S)cc1. The molecule has 0 bridgehead atoms. The summed E-state index contributed by atoms with van der Waals surface area (Å²) >= 11 is 4.51. The standard InChI is InChI=1S/C28H43O4PS/c1-7-9-11-19-27(3,4)22-13-16-24(17-14-22)31-33(29,30)32-25-18-15-23(21-26(25)34)28(5,6)20-12-10-8-2/h13-18,21,34H,7-12,19-20H2,1-6H3,(H,29,30). The highest BCUT2D eigenvalue weighted by Crippen LogP contribution is 2.47. The number of thiol groups is 1. The molecule has 0 aliphatic rings. The Morgan fingerprint density at radius 2 is 1.29 bits per heavy atom. The van der Waals surface area contributed by atoms with Crippen LogP contribution in [0.5, 0.6) is 11.5 Å². The quantitative estimate of drug-likeness (QED) is 0.152. The maximum absolute atomic E-state index is 12.7. The molecular weight excluding hydrogens is 463 g/mol. The second-order valence-corrected chi connectivity index (χ2v) is 12.3. The first-order valence-electron chi connectivity index (χ1n) is 12.6. The van der Waals surface area contributed by atoms with E-state index in [1.807, 2.05) is 24.3 Å². The van der Waals surface area contributed by atoms with Crippen LogP contribution in [0.2, 0.25) is 0 Å². The smallest absolute Gasteiger partial charge is 0.395 e. The molecule has 0 aromatic heterocycles. The van der Waals surface area contributed by atoms with Crippen molar-refractivity contribution >= 4 is 20.5 Å². The Bertz CT molecular complexity index is 953. The van der Waals surface area contributed by atoms with E-state index in [2.05, 4.69) is 54.2 Å². The second kappa shape index (κ2) is 12.5. The summed E-state index contributed by atoms with van der Waals surface area (Å²) in [5.74, 6) is 0.532. The van der Waals surface area contributed by atoms with Gasteiger partial charge in [0.05, 0.1) is 0 Å². The number of phosphoric acid groups is 1. The highest BCUT2D eigenvalue weighted by Gasteiger charge is 2.28. The van der Waals surface area contributed by atoms with Crippen LogP contribution >= 0.6 is 20.5 Å². The van der Waals surface area contributed by atoms with E-state index >= 15 is 0 Å². The fourth-order valence-corrected chi connectivity index (χ4v) is 5.35. The van der Waals surface area contributed by atoms with Crippen LogP contribution < -0.4 is 9.05 Å². The molecule has 0 spiro atoms. The third-order valence-electron chi connectivity index (χ3n) is 6.62. The molecule has 0 saturated heterocycles. The van der Waals surface area contributed by atoms with Crippen molar-refractivity contribution in [1.82, 2.24) is 0 Å². The van der Waals surface area contributed by atoms with Crippen LogP contribution in [0.4, 0.5) is 0 Å². The zero-order valence-electron chi connectivity index (χ0n) is 21.8. The predicted octanol–water partition coefficient (Wildman–Crippen LogP) is 9.25. The van der Waals surface area contributed by atoms with Gasteiger partial charge in [-0.25, -0.2) is 4.57 Å². The van der Waals surface area contributed by atoms with Crippen LogP contribution in [-0.2, 0) is 15.4 Å². The van der Waals surface area contributed by atoms with Crippen molar-refractivity contribution < 1.29 is 18.5 Å². The molecule has 2 aromatic rings. The van der Waals surface area contributed by atoms with Gasteiger partial charge in [0, 0.05) is 4.90 Å². The minimum atomic E-state index is -4.37. The van der Waals surface area contributed by atoms with E-state index in [0.717, 1.165) is 24.8 Å². The highest BCUT2D eigenvalue weighted by molar-refractivity contribution is 7.80. The largest absolute Gasteiger partial charge is 0.584 e. The van der Waals surface area contributed by atoms with Gasteiger partial charge in [-0.15, -0.1) is 12.6 Å². The Kier molecular flexibility index (Phi) is 10.6. The molecule has 0 amide bonds. The van der Waals surface area contributed by atoms with Crippen LogP contribution in [0.3, 0.4) is 0 Å². The summed E-state index contributed by atoms with van der Waals surface area (Å²) in [4.78, 5) is 10.9. The summed E-state index contributed by atoms with van der Waals surface area (Å²) in [5.41, 5.74) is 2.35. The monoisotopic (exact) mass is 506 g/mol. The fourth-order valence-electron chi connectivity index (χ4n) is 4.18. The van der Waals surface area contributed by atoms with Crippen LogP contribution in [0.25, 0.3) is 0 Å². The Morgan fingerprint density at radius 3 is 1.79 bits per heavy atom. The molecule has 0 radical (unpaired) electrons. The third-order valence-corrected chi connectivity index (χ3v) is 7.84. The Morgan fingerprint density at radius 1 is 0.794 bits per heavy atom. The topological polar surface area (TPSA) is 55.8 Å². The molecule has 0 aliphatic carbocycles. The molecule has 0 fully saturated rings. The van der Waals surface area contributed by atoms with Gasteiger partial charge in [0.1, 0.15) is 11.5 Å². The van der Waals surface area contributed by atoms with Gasteiger partial charge >= 0.3 is 7.82 Å². The number of unbranched alkanes of at least 4 members (excludes halogenated alkanes) is 4. The summed E-state index contributed by atoms with van der Waals surface area (Å²) in [5, 5.41) is 0. The average Bonchev–Trinajstić information content (AvgIpc) is 2.75. The predicted molar refractivity (Wildman–Crippen MR) is 146 cm³/mol. The third kappa shape index (κ3) is 8.66. The lowest BCUT2D eigenvalue weighted by Gasteiger charge is -2.26. The van der Waals surface area contributed by atoms with Crippen LogP contribution in [0.1, 0.15) is 104 Å². The Labute approximate surface area is 212 Å². The minimum absolute atomic E-state index is 0.00332. The first-order valence-corrected chi connectivity index (χ1v) is 14.5. The highest BCUT2D eigenvalue weighted by atomic mass is 32.1. The molecule has 0 heterocycles. The average molecular weight is 507 g/mol. The molecule has 34 heavy (non-hydrogen) atoms. The van der Waals surface area contributed by atoms with Crippen molar-refractivity contribution in [3.63, 3.8) is 0 Å². The van der Waals surface area contributed by atoms with Gasteiger partial charge in [-0.3, -0.25) is 4.89 Å². The van der Waals surface area contributed by atoms with E-state index in [-0.39, 0.29) is 16.6 Å². The molecule has 190 valence electrons. The van der Waals surface area contributed by atoms with Crippen LogP contribution in [0.15, 0.2) is 47.4 Å². The molecule has 6 heteroatoms. The molecule has 1 unspecified atom stereocenters. The lowest BCUT2D eigenvalue weighted by Crippen LogP contribution is -2.17. The zero-order chi connectivity index (χ0) is 25.4. The number of rotatable bonds is 14. The van der Waals surface area contributed by atoms with Gasteiger partial charge in [-0.05, 0) is 59.1 Å². The summed E-state index contributed by atoms with van der Waals surface area (Å²) in [6.45, 7) is 13.3.